The van der Waals surface area contributed by atoms with Crippen molar-refractivity contribution < 1.29 is 37.4 Å². The molecule has 2 unspecified atom stereocenters. The number of benzene rings is 1. The average molecular weight is 565 g/mol. The minimum absolute atomic E-state index is 0.203. The van der Waals surface area contributed by atoms with E-state index in [1.54, 1.807) is 30.3 Å². The lowest BCUT2D eigenvalue weighted by Crippen LogP contribution is -2.41. The number of nitrogens with one attached hydrogen (secondary N) is 1. The minimum Gasteiger partial charge on any atom is -0.468 e. The number of carbonyl (C=O) groups is 1. The van der Waals surface area contributed by atoms with E-state index >= 15 is 4.39 Å². The molecule has 0 bridgehead atoms. The Hall–Kier alpha value is -3.16. The Balaban J connectivity index is 1.36. The van der Waals surface area contributed by atoms with Crippen LogP contribution in [0.5, 0.6) is 5.75 Å². The van der Waals surface area contributed by atoms with E-state index < -0.39 is 50.5 Å². The molecule has 2 saturated heterocycles. The van der Waals surface area contributed by atoms with Crippen LogP contribution < -0.4 is 14.5 Å². The first-order valence-corrected chi connectivity index (χ1v) is 14.0. The molecule has 2 N–H and O–H groups in total. The monoisotopic (exact) mass is 564 g/mol. The fraction of sp³-hybridized carbons (Fsp3) is 0.500. The quantitative estimate of drug-likeness (QED) is 0.275. The zero-order chi connectivity index (χ0) is 27.8. The molecule has 0 aliphatic carbocycles. The van der Waals surface area contributed by atoms with Crippen molar-refractivity contribution in [3.8, 4) is 5.75 Å². The fourth-order valence-electron chi connectivity index (χ4n) is 4.47. The van der Waals surface area contributed by atoms with Gasteiger partial charge in [-0.3, -0.25) is 13.9 Å². The normalized spacial score (nSPS) is 27.1. The summed E-state index contributed by atoms with van der Waals surface area (Å²) in [6.45, 7) is 3.77. The first-order chi connectivity index (χ1) is 18.6. The van der Waals surface area contributed by atoms with E-state index in [1.807, 2.05) is 4.90 Å². The maximum atomic E-state index is 16.0. The number of aliphatic hydroxyl groups is 1. The summed E-state index contributed by atoms with van der Waals surface area (Å²) in [6, 6.07) is 7.12. The summed E-state index contributed by atoms with van der Waals surface area (Å²) in [5.41, 5.74) is -1.45. The van der Waals surface area contributed by atoms with Gasteiger partial charge in [0.25, 0.3) is 0 Å². The number of hydrogen-bond donors (Lipinski definition) is 2. The summed E-state index contributed by atoms with van der Waals surface area (Å²) in [6.07, 6.45) is -0.423. The van der Waals surface area contributed by atoms with Gasteiger partial charge >= 0.3 is 13.7 Å². The highest BCUT2D eigenvalue weighted by molar-refractivity contribution is 7.52. The number of nitrogens with zero attached hydrogens (tertiary/aromatic N) is 5. The van der Waals surface area contributed by atoms with Crippen molar-refractivity contribution >= 4 is 30.7 Å². The molecular formula is C24H30FN6O7P. The van der Waals surface area contributed by atoms with Gasteiger partial charge in [-0.1, -0.05) is 18.2 Å². The molecule has 2 aromatic heterocycles. The van der Waals surface area contributed by atoms with Crippen molar-refractivity contribution in [1.29, 1.82) is 0 Å². The molecule has 13 nitrogen and oxygen atoms in total. The van der Waals surface area contributed by atoms with Crippen LogP contribution in [0.3, 0.4) is 0 Å². The number of aromatic nitrogens is 4. The summed E-state index contributed by atoms with van der Waals surface area (Å²) < 4.78 is 52.7. The number of alkyl halides is 1. The Morgan fingerprint density at radius 3 is 2.72 bits per heavy atom. The number of imidazole rings is 1. The van der Waals surface area contributed by atoms with Crippen LogP contribution in [0.25, 0.3) is 11.2 Å². The van der Waals surface area contributed by atoms with E-state index in [-0.39, 0.29) is 5.75 Å². The Morgan fingerprint density at radius 1 is 1.31 bits per heavy atom. The highest BCUT2D eigenvalue weighted by Gasteiger charge is 2.56. The topological polar surface area (TPSA) is 150 Å². The smallest absolute Gasteiger partial charge is 0.459 e. The van der Waals surface area contributed by atoms with Crippen LogP contribution in [0.15, 0.2) is 43.0 Å². The Morgan fingerprint density at radius 2 is 2.05 bits per heavy atom. The molecule has 210 valence electrons. The summed E-state index contributed by atoms with van der Waals surface area (Å²) in [4.78, 5) is 27.0. The van der Waals surface area contributed by atoms with Crippen LogP contribution in [0.2, 0.25) is 0 Å². The van der Waals surface area contributed by atoms with Gasteiger partial charge in [0, 0.05) is 13.1 Å². The first-order valence-electron chi connectivity index (χ1n) is 12.4. The van der Waals surface area contributed by atoms with E-state index in [4.69, 9.17) is 13.8 Å². The van der Waals surface area contributed by atoms with E-state index in [2.05, 4.69) is 24.8 Å². The number of rotatable bonds is 10. The van der Waals surface area contributed by atoms with E-state index in [9.17, 15) is 14.5 Å². The zero-order valence-corrected chi connectivity index (χ0v) is 22.5. The van der Waals surface area contributed by atoms with Gasteiger partial charge in [0.05, 0.1) is 20.0 Å². The van der Waals surface area contributed by atoms with Crippen LogP contribution in [0, 0.1) is 0 Å². The molecule has 2 aliphatic heterocycles. The number of ether oxygens (including phenoxy) is 2. The highest BCUT2D eigenvalue weighted by Crippen LogP contribution is 2.48. The summed E-state index contributed by atoms with van der Waals surface area (Å²) in [7, 11) is -3.04. The largest absolute Gasteiger partial charge is 0.468 e. The fourth-order valence-corrected chi connectivity index (χ4v) is 5.97. The van der Waals surface area contributed by atoms with Crippen LogP contribution >= 0.6 is 7.75 Å². The number of fused-ring (bicyclic) bond motifs is 1. The maximum Gasteiger partial charge on any atom is 0.459 e. The zero-order valence-electron chi connectivity index (χ0n) is 21.6. The molecule has 15 heteroatoms. The molecule has 4 heterocycles. The molecule has 0 spiro atoms. The summed E-state index contributed by atoms with van der Waals surface area (Å²) in [5, 5.41) is 13.4. The van der Waals surface area contributed by atoms with Crippen molar-refractivity contribution in [2.75, 3.05) is 31.7 Å². The first kappa shape index (κ1) is 27.4. The van der Waals surface area contributed by atoms with E-state index in [0.717, 1.165) is 19.5 Å². The molecule has 2 fully saturated rings. The molecule has 0 saturated carbocycles. The Kier molecular flexibility index (Phi) is 7.57. The Labute approximate surface area is 223 Å². The van der Waals surface area contributed by atoms with E-state index in [0.29, 0.717) is 17.0 Å². The van der Waals surface area contributed by atoms with Crippen LogP contribution in [-0.2, 0) is 23.4 Å². The van der Waals surface area contributed by atoms with Crippen LogP contribution in [0.1, 0.15) is 26.5 Å². The summed E-state index contributed by atoms with van der Waals surface area (Å²) >= 11 is 0. The van der Waals surface area contributed by atoms with Gasteiger partial charge in [0.15, 0.2) is 28.9 Å². The van der Waals surface area contributed by atoms with Crippen LogP contribution in [0.4, 0.5) is 10.2 Å². The molecule has 6 atom stereocenters. The SMILES string of the molecule is COC(=O)C(C)NP(=O)(OC[C@H]1O[C@@H](n2cnc3c(N4CCC4)ncnc32)[C@](C)(F)[C@@H]1O)Oc1ccccc1. The lowest BCUT2D eigenvalue weighted by Gasteiger charge is -2.31. The van der Waals surface area contributed by atoms with Crippen molar-refractivity contribution in [2.24, 2.45) is 0 Å². The van der Waals surface area contributed by atoms with Crippen LogP contribution in [-0.4, -0.2) is 81.3 Å². The molecule has 3 aromatic rings. The Bertz CT molecular complexity index is 1370. The van der Waals surface area contributed by atoms with Crippen molar-refractivity contribution in [2.45, 2.75) is 50.4 Å². The van der Waals surface area contributed by atoms with Crippen molar-refractivity contribution in [1.82, 2.24) is 24.6 Å². The number of para-hydroxylation sites is 1. The second-order valence-corrected chi connectivity index (χ2v) is 11.3. The van der Waals surface area contributed by atoms with Gasteiger partial charge in [-0.15, -0.1) is 0 Å². The third-order valence-corrected chi connectivity index (χ3v) is 8.39. The van der Waals surface area contributed by atoms with Gasteiger partial charge in [0.1, 0.15) is 30.3 Å². The van der Waals surface area contributed by atoms with Gasteiger partial charge in [0.2, 0.25) is 0 Å². The predicted molar refractivity (Wildman–Crippen MR) is 137 cm³/mol. The molecule has 1 aromatic carbocycles. The number of hydrogen-bond acceptors (Lipinski definition) is 11. The molecule has 39 heavy (non-hydrogen) atoms. The van der Waals surface area contributed by atoms with Crippen molar-refractivity contribution in [3.05, 3.63) is 43.0 Å². The van der Waals surface area contributed by atoms with Gasteiger partial charge < -0.3 is 24.0 Å². The van der Waals surface area contributed by atoms with Crippen molar-refractivity contribution in [3.63, 3.8) is 0 Å². The number of methoxy groups -OCH3 is 1. The summed E-state index contributed by atoms with van der Waals surface area (Å²) in [5.74, 6) is 0.151. The van der Waals surface area contributed by atoms with E-state index in [1.165, 1.54) is 38.2 Å². The molecule has 0 radical (unpaired) electrons. The molecule has 5 rings (SSSR count). The third kappa shape index (κ3) is 5.35. The average Bonchev–Trinajstić information content (AvgIpc) is 3.40. The third-order valence-electron chi connectivity index (χ3n) is 6.75. The van der Waals surface area contributed by atoms with Gasteiger partial charge in [-0.25, -0.2) is 23.9 Å². The number of carbonyl (C=O) groups excluding carboxylic acids is 1. The molecule has 2 aliphatic rings. The molecule has 0 amide bonds. The maximum absolute atomic E-state index is 16.0. The number of anilines is 1. The van der Waals surface area contributed by atoms with Gasteiger partial charge in [-0.2, -0.15) is 5.09 Å². The minimum atomic E-state index is -4.23. The van der Waals surface area contributed by atoms with Gasteiger partial charge in [-0.05, 0) is 32.4 Å². The predicted octanol–water partition coefficient (Wildman–Crippen LogP) is 2.38. The lowest BCUT2D eigenvalue weighted by atomic mass is 9.98. The standard InChI is InChI=1S/C24H30FN6O7P/c1-15(22(33)35-3)29-39(34,38-16-8-5-4-6-9-16)36-12-17-19(32)24(2,25)23(37-17)31-14-28-18-20(30-10-7-11-30)26-13-27-21(18)31/h4-6,8-9,13-15,17,19,23,32H,7,10-12H2,1-3H3,(H,29,34)/t15?,17-,19-,23-,24-,39?/m1/s1. The number of aliphatic hydroxyl groups excluding tert-OH is 1. The number of halogens is 1. The molecular weight excluding hydrogens is 534 g/mol. The highest BCUT2D eigenvalue weighted by atomic mass is 31.2. The lowest BCUT2D eigenvalue weighted by molar-refractivity contribution is -0.142. The number of esters is 1. The second kappa shape index (κ2) is 10.8. The second-order valence-electron chi connectivity index (χ2n) is 9.56.